The zero-order valence-electron chi connectivity index (χ0n) is 26.9. The minimum Gasteiger partial charge on any atom is -0.497 e. The Labute approximate surface area is 276 Å². The van der Waals surface area contributed by atoms with Crippen LogP contribution in [0.25, 0.3) is 0 Å². The molecule has 0 saturated heterocycles. The lowest BCUT2D eigenvalue weighted by Crippen LogP contribution is -2.48. The van der Waals surface area contributed by atoms with Crippen LogP contribution in [0.15, 0.2) is 103 Å². The summed E-state index contributed by atoms with van der Waals surface area (Å²) in [5.74, 6) is -0.397. The van der Waals surface area contributed by atoms with Gasteiger partial charge in [-0.1, -0.05) is 60.7 Å². The third kappa shape index (κ3) is 10.0. The summed E-state index contributed by atoms with van der Waals surface area (Å²) in [7, 11) is 0.899. The summed E-state index contributed by atoms with van der Waals surface area (Å²) in [5.41, 5.74) is 5.61. The van der Waals surface area contributed by atoms with E-state index in [0.717, 1.165) is 33.1 Å². The third-order valence-electron chi connectivity index (χ3n) is 7.61. The predicted octanol–water partition coefficient (Wildman–Crippen LogP) is 3.36. The molecule has 2 unspecified atom stereocenters. The topological polar surface area (TPSA) is 140 Å². The fraction of sp³-hybridized carbons (Fsp3) is 0.257. The van der Waals surface area contributed by atoms with Crippen LogP contribution < -0.4 is 30.1 Å². The molecule has 0 aromatic heterocycles. The predicted molar refractivity (Wildman–Crippen MR) is 184 cm³/mol. The van der Waals surface area contributed by atoms with Crippen LogP contribution in [0, 0.1) is 0 Å². The molecule has 248 valence electrons. The molecule has 0 fully saturated rings. The number of nitrogens with zero attached hydrogens (tertiary/aromatic N) is 2. The van der Waals surface area contributed by atoms with Gasteiger partial charge in [-0.3, -0.25) is 24.3 Å². The van der Waals surface area contributed by atoms with Gasteiger partial charge >= 0.3 is 0 Å². The molecular weight excluding hydrogens is 618 g/mol. The van der Waals surface area contributed by atoms with Crippen molar-refractivity contribution in [3.63, 3.8) is 0 Å². The second-order valence-electron chi connectivity index (χ2n) is 11.2. The van der Waals surface area contributed by atoms with Gasteiger partial charge in [0.2, 0.25) is 10.0 Å². The van der Waals surface area contributed by atoms with Crippen LogP contribution >= 0.6 is 0 Å². The maximum Gasteiger partial charge on any atom is 0.269 e. The Balaban J connectivity index is 1.58. The van der Waals surface area contributed by atoms with Crippen LogP contribution in [0.4, 0.5) is 11.4 Å². The highest BCUT2D eigenvalue weighted by Crippen LogP contribution is 2.22. The van der Waals surface area contributed by atoms with Crippen molar-refractivity contribution in [3.8, 4) is 5.75 Å². The lowest BCUT2D eigenvalue weighted by atomic mass is 10.00. The van der Waals surface area contributed by atoms with Crippen LogP contribution in [-0.4, -0.2) is 71.5 Å². The van der Waals surface area contributed by atoms with E-state index in [0.29, 0.717) is 13.0 Å². The van der Waals surface area contributed by atoms with Crippen molar-refractivity contribution >= 4 is 33.2 Å². The Bertz CT molecular complexity index is 1760. The molecule has 4 N–H and O–H groups in total. The van der Waals surface area contributed by atoms with Gasteiger partial charge in [-0.15, -0.1) is 0 Å². The largest absolute Gasteiger partial charge is 0.497 e. The molecule has 0 radical (unpaired) electrons. The van der Waals surface area contributed by atoms with Crippen molar-refractivity contribution in [1.82, 2.24) is 16.1 Å². The molecule has 0 spiro atoms. The van der Waals surface area contributed by atoms with E-state index in [2.05, 4.69) is 16.1 Å². The molecule has 2 amide bonds. The Hall–Kier alpha value is -4.91. The van der Waals surface area contributed by atoms with Gasteiger partial charge in [-0.2, -0.15) is 0 Å². The maximum absolute atomic E-state index is 13.8. The number of rotatable bonds is 15. The number of hydrogen-bond donors (Lipinski definition) is 4. The first-order chi connectivity index (χ1) is 22.4. The highest BCUT2D eigenvalue weighted by atomic mass is 32.2. The second kappa shape index (κ2) is 16.1. The molecule has 4 rings (SSSR count). The number of aliphatic hydroxyl groups excluding tert-OH is 1. The van der Waals surface area contributed by atoms with Crippen LogP contribution in [0.5, 0.6) is 5.75 Å². The number of amides is 2. The van der Waals surface area contributed by atoms with Crippen LogP contribution in [0.2, 0.25) is 0 Å². The molecule has 4 aromatic rings. The fourth-order valence-electron chi connectivity index (χ4n) is 4.87. The summed E-state index contributed by atoms with van der Waals surface area (Å²) in [4.78, 5) is 27.2. The molecular formula is C35H41N5O6S. The normalized spacial score (nSPS) is 12.4. The summed E-state index contributed by atoms with van der Waals surface area (Å²) >= 11 is 0. The van der Waals surface area contributed by atoms with E-state index in [1.165, 1.54) is 30.3 Å². The van der Waals surface area contributed by atoms with E-state index in [1.54, 1.807) is 14.2 Å². The summed E-state index contributed by atoms with van der Waals surface area (Å²) in [5, 5.41) is 19.0. The number of para-hydroxylation sites is 1. The number of anilines is 2. The number of methoxy groups -OCH3 is 1. The summed E-state index contributed by atoms with van der Waals surface area (Å²) in [6.07, 6.45) is 0.370. The smallest absolute Gasteiger partial charge is 0.269 e. The van der Waals surface area contributed by atoms with Crippen LogP contribution in [0.1, 0.15) is 31.8 Å². The average molecular weight is 660 g/mol. The Morgan fingerprint density at radius 1 is 0.809 bits per heavy atom. The van der Waals surface area contributed by atoms with E-state index in [4.69, 9.17) is 4.74 Å². The molecule has 4 aromatic carbocycles. The zero-order valence-corrected chi connectivity index (χ0v) is 27.7. The summed E-state index contributed by atoms with van der Waals surface area (Å²) in [6.45, 7) is 0.640. The SMILES string of the molecule is COc1cccc(CNCC(O)C(Cc2ccccc2)NC(=O)c2cc(C(=O)NN(C)c3ccccc3)cc(N(C)S(C)(=O)=O)c2)c1. The monoisotopic (exact) mass is 659 g/mol. The van der Waals surface area contributed by atoms with Gasteiger partial charge in [0.05, 0.1) is 36.9 Å². The first-order valence-corrected chi connectivity index (χ1v) is 16.8. The highest BCUT2D eigenvalue weighted by Gasteiger charge is 2.25. The van der Waals surface area contributed by atoms with E-state index < -0.39 is 34.0 Å². The molecule has 0 saturated carbocycles. The maximum atomic E-state index is 13.8. The van der Waals surface area contributed by atoms with Gasteiger partial charge in [-0.25, -0.2) is 8.42 Å². The molecule has 0 aliphatic rings. The van der Waals surface area contributed by atoms with E-state index in [1.807, 2.05) is 84.9 Å². The zero-order chi connectivity index (χ0) is 34.0. The quantitative estimate of drug-likeness (QED) is 0.143. The lowest BCUT2D eigenvalue weighted by molar-refractivity contribution is 0.0830. The minimum atomic E-state index is -3.72. The molecule has 47 heavy (non-hydrogen) atoms. The number of aliphatic hydroxyl groups is 1. The number of benzene rings is 4. The van der Waals surface area contributed by atoms with Crippen LogP contribution in [-0.2, 0) is 23.0 Å². The average Bonchev–Trinajstić information content (AvgIpc) is 3.07. The molecule has 0 aliphatic heterocycles. The van der Waals surface area contributed by atoms with E-state index in [-0.39, 0.29) is 23.4 Å². The van der Waals surface area contributed by atoms with Crippen LogP contribution in [0.3, 0.4) is 0 Å². The van der Waals surface area contributed by atoms with Crippen molar-refractivity contribution in [1.29, 1.82) is 0 Å². The first kappa shape index (κ1) is 35.0. The molecule has 2 atom stereocenters. The lowest BCUT2D eigenvalue weighted by Gasteiger charge is -2.26. The fourth-order valence-corrected chi connectivity index (χ4v) is 5.36. The van der Waals surface area contributed by atoms with Gasteiger partial charge < -0.3 is 20.5 Å². The second-order valence-corrected chi connectivity index (χ2v) is 13.2. The van der Waals surface area contributed by atoms with Gasteiger partial charge in [-0.05, 0) is 60.0 Å². The standard InChI is InChI=1S/C35H41N5O6S/c1-39(29-15-9-6-10-16-29)38-35(43)28-20-27(21-30(22-28)40(2)47(4,44)45)34(42)37-32(19-25-12-7-5-8-13-25)33(41)24-36-23-26-14-11-17-31(18-26)46-3/h5-18,20-22,32-33,36,41H,19,23-24H2,1-4H3,(H,37,42)(H,38,43). The van der Waals surface area contributed by atoms with Crippen molar-refractivity contribution in [2.24, 2.45) is 0 Å². The molecule has 0 heterocycles. The first-order valence-electron chi connectivity index (χ1n) is 15.0. The number of carbonyl (C=O) groups is 2. The number of hydrazine groups is 1. The molecule has 11 nitrogen and oxygen atoms in total. The van der Waals surface area contributed by atoms with Crippen molar-refractivity contribution in [2.45, 2.75) is 25.1 Å². The number of sulfonamides is 1. The van der Waals surface area contributed by atoms with Crippen molar-refractivity contribution < 1.29 is 27.9 Å². The Morgan fingerprint density at radius 3 is 2.06 bits per heavy atom. The number of carbonyl (C=O) groups excluding carboxylic acids is 2. The number of hydrogen-bond acceptors (Lipinski definition) is 8. The summed E-state index contributed by atoms with van der Waals surface area (Å²) < 4.78 is 31.2. The number of nitrogens with one attached hydrogen (secondary N) is 3. The van der Waals surface area contributed by atoms with Gasteiger partial charge in [0, 0.05) is 38.3 Å². The molecule has 0 bridgehead atoms. The van der Waals surface area contributed by atoms with Crippen molar-refractivity contribution in [3.05, 3.63) is 125 Å². The van der Waals surface area contributed by atoms with Gasteiger partial charge in [0.1, 0.15) is 5.75 Å². The van der Waals surface area contributed by atoms with Gasteiger partial charge in [0.25, 0.3) is 11.8 Å². The molecule has 0 aliphatic carbocycles. The minimum absolute atomic E-state index is 0.0557. The van der Waals surface area contributed by atoms with E-state index in [9.17, 15) is 23.1 Å². The summed E-state index contributed by atoms with van der Waals surface area (Å²) in [6, 6.07) is 29.7. The highest BCUT2D eigenvalue weighted by molar-refractivity contribution is 7.92. The Kier molecular flexibility index (Phi) is 12.0. The molecule has 12 heteroatoms. The number of ether oxygens (including phenoxy) is 1. The van der Waals surface area contributed by atoms with Gasteiger partial charge in [0.15, 0.2) is 0 Å². The van der Waals surface area contributed by atoms with E-state index >= 15 is 0 Å². The third-order valence-corrected chi connectivity index (χ3v) is 8.82. The van der Waals surface area contributed by atoms with Crippen molar-refractivity contribution in [2.75, 3.05) is 43.3 Å². The Morgan fingerprint density at radius 2 is 1.43 bits per heavy atom.